The van der Waals surface area contributed by atoms with Crippen molar-refractivity contribution in [3.63, 3.8) is 0 Å². The van der Waals surface area contributed by atoms with E-state index in [1.54, 1.807) is 6.92 Å². The van der Waals surface area contributed by atoms with Gasteiger partial charge in [0.05, 0.1) is 24.2 Å². The van der Waals surface area contributed by atoms with E-state index in [-0.39, 0.29) is 47.6 Å². The molecular formula is C37H52ClFN4O6. The van der Waals surface area contributed by atoms with Crippen molar-refractivity contribution in [2.75, 3.05) is 13.2 Å². The van der Waals surface area contributed by atoms with Gasteiger partial charge >= 0.3 is 12.1 Å². The molecule has 49 heavy (non-hydrogen) atoms. The van der Waals surface area contributed by atoms with Gasteiger partial charge in [-0.15, -0.1) is 6.58 Å². The maximum atomic E-state index is 14.5. The summed E-state index contributed by atoms with van der Waals surface area (Å²) in [6, 6.07) is 1.90. The van der Waals surface area contributed by atoms with Crippen molar-refractivity contribution in [1.29, 1.82) is 0 Å². The molecule has 2 aliphatic rings. The van der Waals surface area contributed by atoms with Gasteiger partial charge in [0.1, 0.15) is 30.1 Å². The molecule has 2 aromatic rings. The molecule has 1 saturated carbocycles. The Morgan fingerprint density at radius 1 is 1.12 bits per heavy atom. The van der Waals surface area contributed by atoms with Crippen molar-refractivity contribution in [2.24, 2.45) is 35.0 Å². The number of aromatic nitrogens is 2. The van der Waals surface area contributed by atoms with Crippen LogP contribution in [0.25, 0.3) is 11.0 Å². The highest BCUT2D eigenvalue weighted by Gasteiger charge is 2.51. The zero-order valence-corrected chi connectivity index (χ0v) is 30.8. The molecule has 0 radical (unpaired) electrons. The Hall–Kier alpha value is -3.47. The number of nitrogens with zero attached hydrogens (tertiary/aromatic N) is 3. The second-order valence-electron chi connectivity index (χ2n) is 15.3. The van der Waals surface area contributed by atoms with E-state index in [1.807, 2.05) is 40.7 Å². The molecule has 1 aliphatic heterocycles. The van der Waals surface area contributed by atoms with Crippen LogP contribution in [0.5, 0.6) is 5.88 Å². The van der Waals surface area contributed by atoms with Gasteiger partial charge in [-0.1, -0.05) is 73.1 Å². The summed E-state index contributed by atoms with van der Waals surface area (Å²) in [6.45, 7) is 19.5. The minimum absolute atomic E-state index is 0.0209. The average molecular weight is 703 g/mol. The van der Waals surface area contributed by atoms with Crippen LogP contribution in [0.4, 0.5) is 9.18 Å². The summed E-state index contributed by atoms with van der Waals surface area (Å²) >= 11 is 6.42. The molecule has 1 aliphatic carbocycles. The Morgan fingerprint density at radius 2 is 1.84 bits per heavy atom. The fraction of sp³-hybridized carbons (Fsp3) is 0.649. The van der Waals surface area contributed by atoms with E-state index in [0.29, 0.717) is 17.4 Å². The Bertz CT molecular complexity index is 1520. The van der Waals surface area contributed by atoms with Crippen molar-refractivity contribution in [1.82, 2.24) is 20.2 Å². The maximum Gasteiger partial charge on any atom is 0.408 e. The number of halogens is 2. The predicted octanol–water partition coefficient (Wildman–Crippen LogP) is 7.37. The van der Waals surface area contributed by atoms with Crippen molar-refractivity contribution < 1.29 is 33.0 Å². The normalized spacial score (nSPS) is 26.1. The smallest absolute Gasteiger partial charge is 0.408 e. The summed E-state index contributed by atoms with van der Waals surface area (Å²) in [5.41, 5.74) is -0.113. The van der Waals surface area contributed by atoms with E-state index in [9.17, 15) is 18.8 Å². The number of benzene rings is 1. The van der Waals surface area contributed by atoms with Gasteiger partial charge in [0.15, 0.2) is 5.15 Å². The number of carbonyl (C=O) groups is 3. The summed E-state index contributed by atoms with van der Waals surface area (Å²) in [4.78, 5) is 51.6. The van der Waals surface area contributed by atoms with Gasteiger partial charge in [0, 0.05) is 12.0 Å². The monoisotopic (exact) mass is 702 g/mol. The molecule has 0 spiro atoms. The van der Waals surface area contributed by atoms with Gasteiger partial charge < -0.3 is 24.4 Å². The van der Waals surface area contributed by atoms with E-state index < -0.39 is 53.3 Å². The number of hydrogen-bond acceptors (Lipinski definition) is 8. The highest BCUT2D eigenvalue weighted by molar-refractivity contribution is 6.31. The zero-order chi connectivity index (χ0) is 36.2. The maximum absolute atomic E-state index is 14.5. The average Bonchev–Trinajstić information content (AvgIpc) is 3.48. The molecule has 8 atom stereocenters. The van der Waals surface area contributed by atoms with Crippen LogP contribution < -0.4 is 10.1 Å². The largest absolute Gasteiger partial charge is 0.470 e. The van der Waals surface area contributed by atoms with Crippen LogP contribution in [-0.2, 0) is 19.1 Å². The number of nitrogens with one attached hydrogen (secondary N) is 1. The summed E-state index contributed by atoms with van der Waals surface area (Å²) in [6.07, 6.45) is 3.75. The van der Waals surface area contributed by atoms with Crippen LogP contribution in [0.2, 0.25) is 5.15 Å². The van der Waals surface area contributed by atoms with Crippen LogP contribution in [0.1, 0.15) is 81.1 Å². The number of ether oxygens (including phenoxy) is 3. The van der Waals surface area contributed by atoms with Gasteiger partial charge in [0.25, 0.3) is 5.88 Å². The van der Waals surface area contributed by atoms with Crippen molar-refractivity contribution >= 4 is 40.6 Å². The van der Waals surface area contributed by atoms with Crippen LogP contribution >= 0.6 is 11.6 Å². The van der Waals surface area contributed by atoms with E-state index in [2.05, 4.69) is 35.7 Å². The van der Waals surface area contributed by atoms with Gasteiger partial charge in [0.2, 0.25) is 5.91 Å². The number of rotatable bonds is 12. The Labute approximate surface area is 294 Å². The molecule has 1 aromatic carbocycles. The third-order valence-corrected chi connectivity index (χ3v) is 10.2. The Morgan fingerprint density at radius 3 is 2.49 bits per heavy atom. The molecular weight excluding hydrogens is 651 g/mol. The topological polar surface area (TPSA) is 120 Å². The van der Waals surface area contributed by atoms with Gasteiger partial charge in [-0.25, -0.2) is 23.9 Å². The summed E-state index contributed by atoms with van der Waals surface area (Å²) in [7, 11) is 0. The van der Waals surface area contributed by atoms with E-state index in [1.165, 1.54) is 23.1 Å². The van der Waals surface area contributed by atoms with Crippen molar-refractivity contribution in [3.8, 4) is 5.88 Å². The number of unbranched alkanes of at least 4 members (excludes halogenated alkanes) is 1. The SMILES string of the molecule is C=CCCC[C@@H]1[C@@H](C)[C@@H](C)C[C@H]1OC(=O)N[C@H](C(=O)N1C[C@H](Oc2nc3cc(F)ccc3nc2Cl)[C@@H](C)[C@H]1C(=O)OCC(C)C)C(C)(C)C. The molecule has 2 fully saturated rings. The Balaban J connectivity index is 1.58. The number of likely N-dealkylation sites (tertiary alicyclic amines) is 1. The van der Waals surface area contributed by atoms with Crippen molar-refractivity contribution in [3.05, 3.63) is 41.8 Å². The van der Waals surface area contributed by atoms with Gasteiger partial charge in [-0.3, -0.25) is 4.79 Å². The number of allylic oxidation sites excluding steroid dienone is 1. The summed E-state index contributed by atoms with van der Waals surface area (Å²) < 4.78 is 31.8. The third-order valence-electron chi connectivity index (χ3n) is 9.93. The quantitative estimate of drug-likeness (QED) is 0.138. The number of esters is 1. The lowest BCUT2D eigenvalue weighted by Gasteiger charge is -2.35. The summed E-state index contributed by atoms with van der Waals surface area (Å²) in [5.74, 6) is -1.07. The van der Waals surface area contributed by atoms with Gasteiger partial charge in [-0.05, 0) is 66.9 Å². The number of alkyl carbamates (subject to hydrolysis) is 1. The first-order valence-corrected chi connectivity index (χ1v) is 17.7. The van der Waals surface area contributed by atoms with Crippen LogP contribution in [-0.4, -0.2) is 70.3 Å². The van der Waals surface area contributed by atoms with E-state index in [0.717, 1.165) is 25.7 Å². The fourth-order valence-corrected chi connectivity index (χ4v) is 7.10. The third kappa shape index (κ3) is 9.21. The number of amides is 2. The lowest BCUT2D eigenvalue weighted by Crippen LogP contribution is -2.57. The predicted molar refractivity (Wildman–Crippen MR) is 187 cm³/mol. The first-order chi connectivity index (χ1) is 23.0. The number of carbonyl (C=O) groups excluding carboxylic acids is 3. The molecule has 0 bridgehead atoms. The molecule has 2 amide bonds. The van der Waals surface area contributed by atoms with E-state index >= 15 is 0 Å². The summed E-state index contributed by atoms with van der Waals surface area (Å²) in [5, 5.41) is 2.82. The number of fused-ring (bicyclic) bond motifs is 1. The molecule has 0 unspecified atom stereocenters. The van der Waals surface area contributed by atoms with Gasteiger partial charge in [-0.2, -0.15) is 0 Å². The van der Waals surface area contributed by atoms with Crippen LogP contribution in [0, 0.1) is 40.8 Å². The van der Waals surface area contributed by atoms with Crippen LogP contribution in [0.15, 0.2) is 30.9 Å². The molecule has 10 nitrogen and oxygen atoms in total. The van der Waals surface area contributed by atoms with Crippen molar-refractivity contribution in [2.45, 2.75) is 105 Å². The van der Waals surface area contributed by atoms with E-state index in [4.69, 9.17) is 25.8 Å². The second kappa shape index (κ2) is 16.0. The molecule has 12 heteroatoms. The molecule has 1 N–H and O–H groups in total. The zero-order valence-electron chi connectivity index (χ0n) is 30.0. The molecule has 4 rings (SSSR count). The molecule has 270 valence electrons. The highest BCUT2D eigenvalue weighted by atomic mass is 35.5. The lowest BCUT2D eigenvalue weighted by molar-refractivity contribution is -0.156. The first-order valence-electron chi connectivity index (χ1n) is 17.4. The molecule has 1 saturated heterocycles. The minimum atomic E-state index is -1.03. The standard InChI is InChI=1S/C37H52ClFN4O6/c1-10-11-12-13-25-22(5)21(4)16-28(25)49-36(46)42-31(37(7,8)9)34(44)43-18-29(23(6)30(43)35(45)47-19-20(2)3)48-33-32(38)40-26-15-14-24(39)17-27(26)41-33/h10,14-15,17,20-23,25,28-31H,1,11-13,16,18-19H2,2-9H3,(H,42,46)/t21-,22-,23+,25+,28+,29-,30-,31+/m0/s1. The lowest BCUT2D eigenvalue weighted by atomic mass is 9.85. The first kappa shape index (κ1) is 38.3. The van der Waals surface area contributed by atoms with Crippen LogP contribution in [0.3, 0.4) is 0 Å². The molecule has 1 aromatic heterocycles. The second-order valence-corrected chi connectivity index (χ2v) is 15.6. The molecule has 2 heterocycles. The fourth-order valence-electron chi connectivity index (χ4n) is 6.92. The minimum Gasteiger partial charge on any atom is -0.470 e. The highest BCUT2D eigenvalue weighted by Crippen LogP contribution is 2.41. The number of hydrogen-bond donors (Lipinski definition) is 1. The Kier molecular flexibility index (Phi) is 12.5.